The van der Waals surface area contributed by atoms with Crippen LogP contribution >= 0.6 is 0 Å². The molecule has 1 saturated heterocycles. The molecule has 2 rings (SSSR count). The number of nitrogens with one attached hydrogen (secondary N) is 1. The molecule has 0 radical (unpaired) electrons. The van der Waals surface area contributed by atoms with E-state index >= 15 is 0 Å². The van der Waals surface area contributed by atoms with Gasteiger partial charge in [0.2, 0.25) is 5.88 Å². The van der Waals surface area contributed by atoms with Crippen LogP contribution < -0.4 is 15.0 Å². The van der Waals surface area contributed by atoms with E-state index in [0.29, 0.717) is 11.8 Å². The summed E-state index contributed by atoms with van der Waals surface area (Å²) in [5, 5.41) is 3.53. The molecular weight excluding hydrogens is 252 g/mol. The first-order chi connectivity index (χ1) is 9.76. The maximum Gasteiger partial charge on any atom is 0.221 e. The van der Waals surface area contributed by atoms with Crippen LogP contribution in [-0.4, -0.2) is 43.3 Å². The monoisotopic (exact) mass is 278 g/mol. The normalized spacial score (nSPS) is 19.1. The van der Waals surface area contributed by atoms with E-state index in [9.17, 15) is 0 Å². The third kappa shape index (κ3) is 3.60. The number of anilines is 1. The van der Waals surface area contributed by atoms with E-state index < -0.39 is 0 Å². The Morgan fingerprint density at radius 2 is 2.30 bits per heavy atom. The highest BCUT2D eigenvalue weighted by Crippen LogP contribution is 2.27. The average Bonchev–Trinajstić information content (AvgIpc) is 2.48. The zero-order valence-electron chi connectivity index (χ0n) is 12.9. The Morgan fingerprint density at radius 1 is 1.45 bits per heavy atom. The lowest BCUT2D eigenvalue weighted by Crippen LogP contribution is -2.40. The van der Waals surface area contributed by atoms with Crippen molar-refractivity contribution < 1.29 is 4.74 Å². The molecule has 5 heteroatoms. The van der Waals surface area contributed by atoms with Gasteiger partial charge in [-0.2, -0.15) is 0 Å². The molecule has 5 nitrogen and oxygen atoms in total. The fourth-order valence-electron chi connectivity index (χ4n) is 2.86. The number of aromatic nitrogens is 2. The first-order valence-corrected chi connectivity index (χ1v) is 7.57. The summed E-state index contributed by atoms with van der Waals surface area (Å²) in [6, 6.07) is 0. The lowest BCUT2D eigenvalue weighted by atomic mass is 9.97. The Morgan fingerprint density at radius 3 is 3.05 bits per heavy atom. The van der Waals surface area contributed by atoms with Gasteiger partial charge in [-0.1, -0.05) is 6.92 Å². The first kappa shape index (κ1) is 15.0. The standard InChI is InChI=1S/C15H26N4O/c1-4-7-16-9-13-6-5-8-19(10-13)14-12(2)15(20-3)18-11-17-14/h11,13,16H,4-10H2,1-3H3. The predicted octanol–water partition coefficient (Wildman–Crippen LogP) is 2.01. The van der Waals surface area contributed by atoms with Gasteiger partial charge in [0.05, 0.1) is 12.7 Å². The van der Waals surface area contributed by atoms with Crippen molar-refractivity contribution in [3.63, 3.8) is 0 Å². The van der Waals surface area contributed by atoms with E-state index in [4.69, 9.17) is 4.74 Å². The van der Waals surface area contributed by atoms with E-state index in [0.717, 1.165) is 37.6 Å². The van der Waals surface area contributed by atoms with Crippen molar-refractivity contribution in [1.29, 1.82) is 0 Å². The molecule has 0 aromatic carbocycles. The molecule has 1 aliphatic rings. The minimum absolute atomic E-state index is 0.682. The minimum Gasteiger partial charge on any atom is -0.481 e. The zero-order valence-corrected chi connectivity index (χ0v) is 12.9. The van der Waals surface area contributed by atoms with Crippen LogP contribution in [0.15, 0.2) is 6.33 Å². The van der Waals surface area contributed by atoms with Crippen LogP contribution in [0.1, 0.15) is 31.7 Å². The van der Waals surface area contributed by atoms with Gasteiger partial charge in [-0.05, 0) is 45.2 Å². The zero-order chi connectivity index (χ0) is 14.4. The van der Waals surface area contributed by atoms with Gasteiger partial charge < -0.3 is 15.0 Å². The molecule has 0 saturated carbocycles. The highest BCUT2D eigenvalue weighted by Gasteiger charge is 2.22. The van der Waals surface area contributed by atoms with Gasteiger partial charge in [0, 0.05) is 13.1 Å². The molecule has 1 aliphatic heterocycles. The third-order valence-corrected chi connectivity index (χ3v) is 3.88. The predicted molar refractivity (Wildman–Crippen MR) is 81.4 cm³/mol. The molecular formula is C15H26N4O. The summed E-state index contributed by atoms with van der Waals surface area (Å²) in [6.45, 7) is 8.59. The number of ether oxygens (including phenoxy) is 1. The fourth-order valence-corrected chi connectivity index (χ4v) is 2.86. The summed E-state index contributed by atoms with van der Waals surface area (Å²) < 4.78 is 5.29. The number of rotatable bonds is 6. The number of hydrogen-bond donors (Lipinski definition) is 1. The second-order valence-corrected chi connectivity index (χ2v) is 5.49. The van der Waals surface area contributed by atoms with Gasteiger partial charge in [-0.25, -0.2) is 9.97 Å². The summed E-state index contributed by atoms with van der Waals surface area (Å²) in [5.74, 6) is 2.41. The Balaban J connectivity index is 2.01. The van der Waals surface area contributed by atoms with Gasteiger partial charge in [-0.3, -0.25) is 0 Å². The molecule has 1 N–H and O–H groups in total. The Labute approximate surface area is 121 Å². The van der Waals surface area contributed by atoms with Crippen LogP contribution in [0.3, 0.4) is 0 Å². The van der Waals surface area contributed by atoms with Gasteiger partial charge in [0.15, 0.2) is 0 Å². The molecule has 112 valence electrons. The Kier molecular flexibility index (Phi) is 5.59. The van der Waals surface area contributed by atoms with Crippen molar-refractivity contribution in [1.82, 2.24) is 15.3 Å². The van der Waals surface area contributed by atoms with Crippen molar-refractivity contribution >= 4 is 5.82 Å². The highest BCUT2D eigenvalue weighted by atomic mass is 16.5. The van der Waals surface area contributed by atoms with Crippen LogP contribution in [0, 0.1) is 12.8 Å². The molecule has 1 unspecified atom stereocenters. The van der Waals surface area contributed by atoms with Crippen molar-refractivity contribution in [2.24, 2.45) is 5.92 Å². The molecule has 1 fully saturated rings. The fraction of sp³-hybridized carbons (Fsp3) is 0.733. The smallest absolute Gasteiger partial charge is 0.221 e. The SMILES string of the molecule is CCCNCC1CCCN(c2ncnc(OC)c2C)C1. The third-order valence-electron chi connectivity index (χ3n) is 3.88. The molecule has 1 aromatic rings. The Hall–Kier alpha value is -1.36. The van der Waals surface area contributed by atoms with E-state index in [1.807, 2.05) is 6.92 Å². The topological polar surface area (TPSA) is 50.3 Å². The van der Waals surface area contributed by atoms with E-state index in [-0.39, 0.29) is 0 Å². The van der Waals surface area contributed by atoms with E-state index in [1.165, 1.54) is 19.3 Å². The molecule has 0 bridgehead atoms. The molecule has 2 heterocycles. The number of methoxy groups -OCH3 is 1. The summed E-state index contributed by atoms with van der Waals surface area (Å²) in [4.78, 5) is 11.0. The number of hydrogen-bond acceptors (Lipinski definition) is 5. The highest BCUT2D eigenvalue weighted by molar-refractivity contribution is 5.50. The van der Waals surface area contributed by atoms with Gasteiger partial charge >= 0.3 is 0 Å². The molecule has 20 heavy (non-hydrogen) atoms. The van der Waals surface area contributed by atoms with Crippen molar-refractivity contribution in [3.8, 4) is 5.88 Å². The van der Waals surface area contributed by atoms with Crippen molar-refractivity contribution in [2.75, 3.05) is 38.2 Å². The quantitative estimate of drug-likeness (QED) is 0.807. The second kappa shape index (κ2) is 7.43. The number of piperidine rings is 1. The number of nitrogens with zero attached hydrogens (tertiary/aromatic N) is 3. The van der Waals surface area contributed by atoms with Gasteiger partial charge in [0.25, 0.3) is 0 Å². The summed E-state index contributed by atoms with van der Waals surface area (Å²) in [7, 11) is 1.66. The molecule has 0 aliphatic carbocycles. The molecule has 0 spiro atoms. The maximum absolute atomic E-state index is 5.29. The Bertz CT molecular complexity index is 424. The summed E-state index contributed by atoms with van der Waals surface area (Å²) >= 11 is 0. The van der Waals surface area contributed by atoms with Crippen LogP contribution in [0.4, 0.5) is 5.82 Å². The van der Waals surface area contributed by atoms with Crippen LogP contribution in [0.5, 0.6) is 5.88 Å². The van der Waals surface area contributed by atoms with Crippen molar-refractivity contribution in [3.05, 3.63) is 11.9 Å². The van der Waals surface area contributed by atoms with Crippen LogP contribution in [0.2, 0.25) is 0 Å². The lowest BCUT2D eigenvalue weighted by Gasteiger charge is -2.34. The van der Waals surface area contributed by atoms with E-state index in [2.05, 4.69) is 27.1 Å². The largest absolute Gasteiger partial charge is 0.481 e. The first-order valence-electron chi connectivity index (χ1n) is 7.57. The molecule has 1 atom stereocenters. The summed E-state index contributed by atoms with van der Waals surface area (Å²) in [6.07, 6.45) is 5.32. The maximum atomic E-state index is 5.29. The second-order valence-electron chi connectivity index (χ2n) is 5.49. The van der Waals surface area contributed by atoms with Crippen molar-refractivity contribution in [2.45, 2.75) is 33.1 Å². The van der Waals surface area contributed by atoms with Crippen LogP contribution in [-0.2, 0) is 0 Å². The molecule has 1 aromatic heterocycles. The van der Waals surface area contributed by atoms with Crippen LogP contribution in [0.25, 0.3) is 0 Å². The average molecular weight is 278 g/mol. The molecule has 0 amide bonds. The van der Waals surface area contributed by atoms with Gasteiger partial charge in [-0.15, -0.1) is 0 Å². The van der Waals surface area contributed by atoms with Gasteiger partial charge in [0.1, 0.15) is 12.1 Å². The summed E-state index contributed by atoms with van der Waals surface area (Å²) in [5.41, 5.74) is 1.04. The van der Waals surface area contributed by atoms with E-state index in [1.54, 1.807) is 13.4 Å². The lowest BCUT2D eigenvalue weighted by molar-refractivity contribution is 0.383. The minimum atomic E-state index is 0.682.